The third kappa shape index (κ3) is 3.93. The molecular formula is C18H13N3O5. The van der Waals surface area contributed by atoms with Crippen molar-refractivity contribution in [3.8, 4) is 17.1 Å². The first kappa shape index (κ1) is 16.9. The molecule has 0 aliphatic carbocycles. The highest BCUT2D eigenvalue weighted by Crippen LogP contribution is 2.24. The molecule has 2 aromatic carbocycles. The van der Waals surface area contributed by atoms with Gasteiger partial charge in [-0.2, -0.15) is 5.10 Å². The number of phenolic OH excluding ortho intramolecular Hbond substituents is 1. The van der Waals surface area contributed by atoms with E-state index in [1.807, 2.05) is 0 Å². The molecule has 0 radical (unpaired) electrons. The molecule has 1 heterocycles. The van der Waals surface area contributed by atoms with Gasteiger partial charge in [-0.3, -0.25) is 14.9 Å². The SMILES string of the molecule is O=C(N/N=C/c1ccc(-c2ccc([N+](=O)[O-])cc2)o1)c1ccc(O)cc1. The predicted molar refractivity (Wildman–Crippen MR) is 94.0 cm³/mol. The number of phenols is 1. The smallest absolute Gasteiger partial charge is 0.271 e. The number of nitro groups is 1. The molecule has 2 N–H and O–H groups in total. The van der Waals surface area contributed by atoms with Crippen molar-refractivity contribution in [2.75, 3.05) is 0 Å². The van der Waals surface area contributed by atoms with Gasteiger partial charge in [0.2, 0.25) is 0 Å². The van der Waals surface area contributed by atoms with E-state index in [2.05, 4.69) is 10.5 Å². The van der Waals surface area contributed by atoms with Crippen LogP contribution in [-0.4, -0.2) is 22.2 Å². The molecule has 0 aliphatic rings. The number of benzene rings is 2. The van der Waals surface area contributed by atoms with E-state index in [4.69, 9.17) is 4.42 Å². The van der Waals surface area contributed by atoms with E-state index in [1.165, 1.54) is 42.6 Å². The molecule has 3 aromatic rings. The summed E-state index contributed by atoms with van der Waals surface area (Å²) in [4.78, 5) is 22.1. The van der Waals surface area contributed by atoms with Gasteiger partial charge in [-0.15, -0.1) is 0 Å². The largest absolute Gasteiger partial charge is 0.508 e. The first-order valence-electron chi connectivity index (χ1n) is 7.50. The lowest BCUT2D eigenvalue weighted by Crippen LogP contribution is -2.17. The predicted octanol–water partition coefficient (Wildman–Crippen LogP) is 3.32. The molecule has 26 heavy (non-hydrogen) atoms. The Bertz CT molecular complexity index is 959. The van der Waals surface area contributed by atoms with Gasteiger partial charge in [-0.1, -0.05) is 0 Å². The molecule has 0 atom stereocenters. The molecule has 3 rings (SSSR count). The van der Waals surface area contributed by atoms with E-state index in [9.17, 15) is 20.0 Å². The first-order valence-corrected chi connectivity index (χ1v) is 7.50. The fraction of sp³-hybridized carbons (Fsp3) is 0. The van der Waals surface area contributed by atoms with Crippen LogP contribution >= 0.6 is 0 Å². The Balaban J connectivity index is 1.64. The number of hydrogen-bond donors (Lipinski definition) is 2. The lowest BCUT2D eigenvalue weighted by atomic mass is 10.1. The molecular weight excluding hydrogens is 338 g/mol. The molecule has 1 aromatic heterocycles. The fourth-order valence-corrected chi connectivity index (χ4v) is 2.16. The molecule has 1 amide bonds. The summed E-state index contributed by atoms with van der Waals surface area (Å²) in [6.45, 7) is 0. The Labute approximate surface area is 147 Å². The summed E-state index contributed by atoms with van der Waals surface area (Å²) in [5, 5.41) is 23.7. The van der Waals surface area contributed by atoms with Gasteiger partial charge < -0.3 is 9.52 Å². The average Bonchev–Trinajstić information content (AvgIpc) is 3.11. The number of nitrogens with one attached hydrogen (secondary N) is 1. The zero-order chi connectivity index (χ0) is 18.5. The number of non-ortho nitro benzene ring substituents is 1. The summed E-state index contributed by atoms with van der Waals surface area (Å²) in [6, 6.07) is 15.1. The Morgan fingerprint density at radius 1 is 1.08 bits per heavy atom. The zero-order valence-corrected chi connectivity index (χ0v) is 13.3. The van der Waals surface area contributed by atoms with Crippen LogP contribution < -0.4 is 5.43 Å². The van der Waals surface area contributed by atoms with Gasteiger partial charge in [0, 0.05) is 23.3 Å². The average molecular weight is 351 g/mol. The van der Waals surface area contributed by atoms with Gasteiger partial charge in [-0.05, 0) is 48.5 Å². The maximum Gasteiger partial charge on any atom is 0.271 e. The molecule has 8 heteroatoms. The minimum atomic E-state index is -0.471. The number of hydrazone groups is 1. The summed E-state index contributed by atoms with van der Waals surface area (Å²) in [5.41, 5.74) is 3.39. The molecule has 0 saturated carbocycles. The Hall–Kier alpha value is -3.94. The number of amides is 1. The molecule has 130 valence electrons. The molecule has 0 bridgehead atoms. The van der Waals surface area contributed by atoms with Crippen molar-refractivity contribution in [3.05, 3.63) is 82.1 Å². The number of hydrogen-bond acceptors (Lipinski definition) is 6. The maximum absolute atomic E-state index is 11.9. The number of nitrogens with zero attached hydrogens (tertiary/aromatic N) is 2. The first-order chi connectivity index (χ1) is 12.5. The van der Waals surface area contributed by atoms with E-state index < -0.39 is 10.8 Å². The van der Waals surface area contributed by atoms with Crippen LogP contribution in [0.25, 0.3) is 11.3 Å². The molecule has 0 unspecified atom stereocenters. The van der Waals surface area contributed by atoms with E-state index in [0.29, 0.717) is 22.6 Å². The molecule has 0 fully saturated rings. The van der Waals surface area contributed by atoms with E-state index in [1.54, 1.807) is 24.3 Å². The number of furan rings is 1. The minimum Gasteiger partial charge on any atom is -0.508 e. The number of aromatic hydroxyl groups is 1. The number of nitro benzene ring substituents is 1. The van der Waals surface area contributed by atoms with Crippen LogP contribution in [0.1, 0.15) is 16.1 Å². The molecule has 0 spiro atoms. The van der Waals surface area contributed by atoms with Crippen LogP contribution in [0.4, 0.5) is 5.69 Å². The van der Waals surface area contributed by atoms with Crippen molar-refractivity contribution in [1.82, 2.24) is 5.43 Å². The second-order valence-electron chi connectivity index (χ2n) is 5.25. The highest BCUT2D eigenvalue weighted by molar-refractivity contribution is 5.94. The third-order valence-corrected chi connectivity index (χ3v) is 3.48. The molecule has 0 saturated heterocycles. The number of carbonyl (C=O) groups is 1. The van der Waals surface area contributed by atoms with Crippen molar-refractivity contribution in [2.24, 2.45) is 5.10 Å². The van der Waals surface area contributed by atoms with Crippen molar-refractivity contribution < 1.29 is 19.2 Å². The van der Waals surface area contributed by atoms with Crippen LogP contribution in [0.15, 0.2) is 70.2 Å². The van der Waals surface area contributed by atoms with Crippen molar-refractivity contribution in [3.63, 3.8) is 0 Å². The molecule has 8 nitrogen and oxygen atoms in total. The monoisotopic (exact) mass is 351 g/mol. The van der Waals surface area contributed by atoms with Crippen LogP contribution in [0.5, 0.6) is 5.75 Å². The third-order valence-electron chi connectivity index (χ3n) is 3.48. The van der Waals surface area contributed by atoms with Crippen LogP contribution in [-0.2, 0) is 0 Å². The zero-order valence-electron chi connectivity index (χ0n) is 13.3. The highest BCUT2D eigenvalue weighted by Gasteiger charge is 2.08. The van der Waals surface area contributed by atoms with Crippen molar-refractivity contribution in [2.45, 2.75) is 0 Å². The van der Waals surface area contributed by atoms with Crippen molar-refractivity contribution in [1.29, 1.82) is 0 Å². The quantitative estimate of drug-likeness (QED) is 0.415. The van der Waals surface area contributed by atoms with Gasteiger partial charge in [0.25, 0.3) is 11.6 Å². The van der Waals surface area contributed by atoms with E-state index >= 15 is 0 Å². The van der Waals surface area contributed by atoms with Gasteiger partial charge in [-0.25, -0.2) is 5.43 Å². The Morgan fingerprint density at radius 2 is 1.77 bits per heavy atom. The normalized spacial score (nSPS) is 10.8. The second kappa shape index (κ2) is 7.31. The van der Waals surface area contributed by atoms with Gasteiger partial charge >= 0.3 is 0 Å². The van der Waals surface area contributed by atoms with Crippen LogP contribution in [0, 0.1) is 10.1 Å². The number of rotatable bonds is 5. The van der Waals surface area contributed by atoms with Gasteiger partial charge in [0.1, 0.15) is 17.3 Å². The second-order valence-corrected chi connectivity index (χ2v) is 5.25. The summed E-state index contributed by atoms with van der Waals surface area (Å²) in [7, 11) is 0. The van der Waals surface area contributed by atoms with Crippen LogP contribution in [0.3, 0.4) is 0 Å². The fourth-order valence-electron chi connectivity index (χ4n) is 2.16. The minimum absolute atomic E-state index is 0.000893. The highest BCUT2D eigenvalue weighted by atomic mass is 16.6. The Morgan fingerprint density at radius 3 is 2.42 bits per heavy atom. The lowest BCUT2D eigenvalue weighted by molar-refractivity contribution is -0.384. The Kier molecular flexibility index (Phi) is 4.75. The van der Waals surface area contributed by atoms with E-state index in [-0.39, 0.29) is 11.4 Å². The van der Waals surface area contributed by atoms with E-state index in [0.717, 1.165) is 0 Å². The van der Waals surface area contributed by atoms with Crippen LogP contribution in [0.2, 0.25) is 0 Å². The standard InChI is InChI=1S/C18H13N3O5/c22-15-7-3-13(4-8-15)18(23)20-19-11-16-9-10-17(26-16)12-1-5-14(6-2-12)21(24)25/h1-11,22H,(H,20,23)/b19-11+. The maximum atomic E-state index is 11.9. The lowest BCUT2D eigenvalue weighted by Gasteiger charge is -1.99. The summed E-state index contributed by atoms with van der Waals surface area (Å²) < 4.78 is 5.57. The summed E-state index contributed by atoms with van der Waals surface area (Å²) in [5.74, 6) is 0.568. The van der Waals surface area contributed by atoms with Crippen molar-refractivity contribution >= 4 is 17.8 Å². The van der Waals surface area contributed by atoms with Gasteiger partial charge in [0.05, 0.1) is 11.1 Å². The summed E-state index contributed by atoms with van der Waals surface area (Å²) in [6.07, 6.45) is 1.34. The number of carbonyl (C=O) groups excluding carboxylic acids is 1. The summed E-state index contributed by atoms with van der Waals surface area (Å²) >= 11 is 0. The topological polar surface area (TPSA) is 118 Å². The molecule has 0 aliphatic heterocycles. The van der Waals surface area contributed by atoms with Gasteiger partial charge in [0.15, 0.2) is 0 Å².